The summed E-state index contributed by atoms with van der Waals surface area (Å²) in [5.74, 6) is -1.42. The van der Waals surface area contributed by atoms with Crippen molar-refractivity contribution in [2.24, 2.45) is 0 Å². The van der Waals surface area contributed by atoms with E-state index in [9.17, 15) is 23.1 Å². The summed E-state index contributed by atoms with van der Waals surface area (Å²) in [6.07, 6.45) is -4.67. The van der Waals surface area contributed by atoms with Crippen LogP contribution in [0, 0.1) is 0 Å². The Kier molecular flexibility index (Phi) is 3.47. The largest absolute Gasteiger partial charge is 0.479 e. The Morgan fingerprint density at radius 1 is 1.24 bits per heavy atom. The van der Waals surface area contributed by atoms with E-state index in [0.717, 1.165) is 31.2 Å². The fourth-order valence-electron chi connectivity index (χ4n) is 1.28. The zero-order valence-electron chi connectivity index (χ0n) is 8.95. The highest BCUT2D eigenvalue weighted by atomic mass is 19.4. The fraction of sp³-hybridized carbons (Fsp3) is 0.364. The van der Waals surface area contributed by atoms with Crippen molar-refractivity contribution in [2.75, 3.05) is 0 Å². The van der Waals surface area contributed by atoms with Gasteiger partial charge in [-0.3, -0.25) is 0 Å². The average Bonchev–Trinajstić information content (AvgIpc) is 2.16. The summed E-state index contributed by atoms with van der Waals surface area (Å²) in [7, 11) is 0. The Bertz CT molecular complexity index is 407. The van der Waals surface area contributed by atoms with Gasteiger partial charge in [-0.1, -0.05) is 12.1 Å². The van der Waals surface area contributed by atoms with Gasteiger partial charge in [-0.05, 0) is 24.6 Å². The van der Waals surface area contributed by atoms with E-state index in [1.165, 1.54) is 0 Å². The second-order valence-electron chi connectivity index (χ2n) is 3.95. The van der Waals surface area contributed by atoms with Crippen LogP contribution in [0.5, 0.6) is 0 Å². The third kappa shape index (κ3) is 3.45. The van der Waals surface area contributed by atoms with Crippen LogP contribution in [-0.4, -0.2) is 21.8 Å². The minimum atomic E-state index is -4.42. The minimum absolute atomic E-state index is 0.250. The van der Waals surface area contributed by atoms with Gasteiger partial charge in [0.15, 0.2) is 5.60 Å². The molecule has 1 rings (SSSR count). The number of aliphatic carboxylic acids is 1. The summed E-state index contributed by atoms with van der Waals surface area (Å²) in [6, 6.07) is 4.01. The zero-order chi connectivity index (χ0) is 13.3. The first-order valence-electron chi connectivity index (χ1n) is 4.75. The number of alkyl halides is 3. The predicted molar refractivity (Wildman–Crippen MR) is 53.4 cm³/mol. The molecule has 1 aromatic rings. The number of carboxylic acid groups (broad SMARTS) is 1. The van der Waals surface area contributed by atoms with Crippen LogP contribution in [0.2, 0.25) is 0 Å². The number of benzene rings is 1. The van der Waals surface area contributed by atoms with Gasteiger partial charge in [0, 0.05) is 6.42 Å². The van der Waals surface area contributed by atoms with Crippen molar-refractivity contribution in [2.45, 2.75) is 25.1 Å². The topological polar surface area (TPSA) is 57.5 Å². The molecular weight excluding hydrogens is 237 g/mol. The molecule has 0 radical (unpaired) electrons. The van der Waals surface area contributed by atoms with Gasteiger partial charge >= 0.3 is 12.1 Å². The Morgan fingerprint density at radius 2 is 1.71 bits per heavy atom. The molecule has 1 unspecified atom stereocenters. The maximum atomic E-state index is 12.2. The maximum Gasteiger partial charge on any atom is 0.416 e. The molecule has 0 aliphatic carbocycles. The Labute approximate surface area is 95.5 Å². The molecule has 0 saturated carbocycles. The molecule has 3 nitrogen and oxygen atoms in total. The summed E-state index contributed by atoms with van der Waals surface area (Å²) >= 11 is 0. The maximum absolute atomic E-state index is 12.2. The number of hydrogen-bond acceptors (Lipinski definition) is 2. The Balaban J connectivity index is 2.86. The molecule has 0 aromatic heterocycles. The first kappa shape index (κ1) is 13.5. The highest BCUT2D eigenvalue weighted by Crippen LogP contribution is 2.29. The third-order valence-corrected chi connectivity index (χ3v) is 2.29. The summed E-state index contributed by atoms with van der Waals surface area (Å²) in [5, 5.41) is 18.1. The van der Waals surface area contributed by atoms with E-state index in [1.807, 2.05) is 0 Å². The van der Waals surface area contributed by atoms with Gasteiger partial charge in [0.05, 0.1) is 5.56 Å². The van der Waals surface area contributed by atoms with E-state index < -0.39 is 23.3 Å². The van der Waals surface area contributed by atoms with Crippen molar-refractivity contribution in [3.63, 3.8) is 0 Å². The van der Waals surface area contributed by atoms with Crippen LogP contribution < -0.4 is 0 Å². The molecule has 6 heteroatoms. The number of aliphatic hydroxyl groups is 1. The SMILES string of the molecule is CC(O)(Cc1ccc(C(F)(F)F)cc1)C(=O)O. The van der Waals surface area contributed by atoms with Crippen molar-refractivity contribution >= 4 is 5.97 Å². The Morgan fingerprint density at radius 3 is 2.06 bits per heavy atom. The highest BCUT2D eigenvalue weighted by molar-refractivity contribution is 5.76. The third-order valence-electron chi connectivity index (χ3n) is 2.29. The second kappa shape index (κ2) is 4.37. The molecule has 0 heterocycles. The molecule has 0 spiro atoms. The standard InChI is InChI=1S/C11H11F3O3/c1-10(17,9(15)16)6-7-2-4-8(5-3-7)11(12,13)14/h2-5,17H,6H2,1H3,(H,15,16). The Hall–Kier alpha value is -1.56. The van der Waals surface area contributed by atoms with Crippen molar-refractivity contribution < 1.29 is 28.2 Å². The lowest BCUT2D eigenvalue weighted by molar-refractivity contribution is -0.156. The smallest absolute Gasteiger partial charge is 0.416 e. The number of rotatable bonds is 3. The number of carbonyl (C=O) groups is 1. The number of halogens is 3. The van der Waals surface area contributed by atoms with Crippen LogP contribution in [0.25, 0.3) is 0 Å². The first-order valence-corrected chi connectivity index (χ1v) is 4.75. The predicted octanol–water partition coefficient (Wildman–Crippen LogP) is 2.08. The van der Waals surface area contributed by atoms with Gasteiger partial charge < -0.3 is 10.2 Å². The molecule has 0 amide bonds. The van der Waals surface area contributed by atoms with Gasteiger partial charge in [0.25, 0.3) is 0 Å². The van der Waals surface area contributed by atoms with E-state index in [2.05, 4.69) is 0 Å². The summed E-state index contributed by atoms with van der Waals surface area (Å²) in [5.41, 5.74) is -2.47. The summed E-state index contributed by atoms with van der Waals surface area (Å²) in [4.78, 5) is 10.6. The fourth-order valence-corrected chi connectivity index (χ4v) is 1.28. The van der Waals surface area contributed by atoms with Gasteiger partial charge in [0.1, 0.15) is 0 Å². The van der Waals surface area contributed by atoms with Gasteiger partial charge in [0.2, 0.25) is 0 Å². The van der Waals surface area contributed by atoms with Crippen molar-refractivity contribution in [3.05, 3.63) is 35.4 Å². The van der Waals surface area contributed by atoms with Crippen LogP contribution >= 0.6 is 0 Å². The molecule has 1 aromatic carbocycles. The molecule has 1 atom stereocenters. The van der Waals surface area contributed by atoms with Gasteiger partial charge in [-0.2, -0.15) is 13.2 Å². The first-order chi connectivity index (χ1) is 7.63. The van der Waals surface area contributed by atoms with Crippen molar-refractivity contribution in [1.82, 2.24) is 0 Å². The van der Waals surface area contributed by atoms with E-state index in [0.29, 0.717) is 5.56 Å². The minimum Gasteiger partial charge on any atom is -0.479 e. The van der Waals surface area contributed by atoms with Crippen LogP contribution in [0.3, 0.4) is 0 Å². The number of hydrogen-bond donors (Lipinski definition) is 2. The molecule has 0 aliphatic heterocycles. The molecular formula is C11H11F3O3. The van der Waals surface area contributed by atoms with E-state index in [1.54, 1.807) is 0 Å². The van der Waals surface area contributed by atoms with Crippen LogP contribution in [0.4, 0.5) is 13.2 Å². The number of carboxylic acids is 1. The van der Waals surface area contributed by atoms with Crippen molar-refractivity contribution in [1.29, 1.82) is 0 Å². The molecule has 2 N–H and O–H groups in total. The van der Waals surface area contributed by atoms with Crippen LogP contribution in [0.1, 0.15) is 18.1 Å². The normalized spacial score (nSPS) is 15.4. The van der Waals surface area contributed by atoms with E-state index in [-0.39, 0.29) is 6.42 Å². The molecule has 0 aliphatic rings. The quantitative estimate of drug-likeness (QED) is 0.861. The average molecular weight is 248 g/mol. The summed E-state index contributed by atoms with van der Waals surface area (Å²) < 4.78 is 36.7. The van der Waals surface area contributed by atoms with Crippen molar-refractivity contribution in [3.8, 4) is 0 Å². The lowest BCUT2D eigenvalue weighted by Crippen LogP contribution is -2.37. The molecule has 17 heavy (non-hydrogen) atoms. The van der Waals surface area contributed by atoms with E-state index >= 15 is 0 Å². The lowest BCUT2D eigenvalue weighted by atomic mass is 9.96. The molecule has 0 fully saturated rings. The highest BCUT2D eigenvalue weighted by Gasteiger charge is 2.32. The zero-order valence-corrected chi connectivity index (χ0v) is 8.95. The van der Waals surface area contributed by atoms with Gasteiger partial charge in [-0.15, -0.1) is 0 Å². The molecule has 0 bridgehead atoms. The second-order valence-corrected chi connectivity index (χ2v) is 3.95. The van der Waals surface area contributed by atoms with Gasteiger partial charge in [-0.25, -0.2) is 4.79 Å². The van der Waals surface area contributed by atoms with Crippen LogP contribution in [0.15, 0.2) is 24.3 Å². The van der Waals surface area contributed by atoms with Crippen LogP contribution in [-0.2, 0) is 17.4 Å². The summed E-state index contributed by atoms with van der Waals surface area (Å²) in [6.45, 7) is 1.09. The lowest BCUT2D eigenvalue weighted by Gasteiger charge is -2.18. The molecule has 94 valence electrons. The van der Waals surface area contributed by atoms with E-state index in [4.69, 9.17) is 5.11 Å². The molecule has 0 saturated heterocycles. The monoisotopic (exact) mass is 248 g/mol.